The number of Topliss-reactive ketones (excluding diaryl/α,β-unsaturated/α-hetero) is 1. The van der Waals surface area contributed by atoms with Gasteiger partial charge in [0.05, 0.1) is 12.1 Å². The Kier molecular flexibility index (Phi) is 3.79. The number of ether oxygens (including phenoxy) is 1. The highest BCUT2D eigenvalue weighted by Crippen LogP contribution is 2.32. The van der Waals surface area contributed by atoms with E-state index in [0.717, 1.165) is 5.39 Å². The molecular formula is C15H17NO4. The van der Waals surface area contributed by atoms with Crippen LogP contribution in [-0.2, 0) is 16.1 Å². The molecule has 5 nitrogen and oxygen atoms in total. The minimum atomic E-state index is -0.868. The molecule has 2 rings (SSSR count). The number of fused-ring (bicyclic) bond motifs is 1. The van der Waals surface area contributed by atoms with Gasteiger partial charge in [-0.3, -0.25) is 4.79 Å². The number of phenolic OH excluding ortho intramolecular Hbond substituents is 1. The van der Waals surface area contributed by atoms with Crippen molar-refractivity contribution in [2.45, 2.75) is 27.3 Å². The molecule has 0 saturated carbocycles. The molecule has 0 aliphatic heterocycles. The molecule has 0 radical (unpaired) electrons. The molecule has 1 heterocycles. The number of para-hydroxylation sites is 1. The van der Waals surface area contributed by atoms with Gasteiger partial charge in [0.1, 0.15) is 11.4 Å². The largest absolute Gasteiger partial charge is 0.506 e. The Hall–Kier alpha value is -2.30. The molecule has 2 aromatic rings. The minimum absolute atomic E-state index is 0.0929. The molecule has 0 unspecified atom stereocenters. The van der Waals surface area contributed by atoms with E-state index >= 15 is 0 Å². The first-order valence-corrected chi connectivity index (χ1v) is 6.55. The summed E-state index contributed by atoms with van der Waals surface area (Å²) < 4.78 is 6.43. The first kappa shape index (κ1) is 14.1. The second-order valence-electron chi connectivity index (χ2n) is 4.44. The molecule has 20 heavy (non-hydrogen) atoms. The van der Waals surface area contributed by atoms with Gasteiger partial charge in [0.25, 0.3) is 5.78 Å². The van der Waals surface area contributed by atoms with Gasteiger partial charge in [-0.25, -0.2) is 4.79 Å². The molecule has 1 aromatic heterocycles. The van der Waals surface area contributed by atoms with Gasteiger partial charge in [-0.1, -0.05) is 12.1 Å². The zero-order valence-electron chi connectivity index (χ0n) is 11.8. The summed E-state index contributed by atoms with van der Waals surface area (Å²) in [4.78, 5) is 23.9. The maximum absolute atomic E-state index is 12.2. The number of phenols is 1. The summed E-state index contributed by atoms with van der Waals surface area (Å²) >= 11 is 0. The van der Waals surface area contributed by atoms with Crippen molar-refractivity contribution in [2.24, 2.45) is 0 Å². The highest BCUT2D eigenvalue weighted by Gasteiger charge is 2.26. The van der Waals surface area contributed by atoms with Crippen molar-refractivity contribution >= 4 is 22.7 Å². The van der Waals surface area contributed by atoms with Gasteiger partial charge in [-0.2, -0.15) is 0 Å². The molecule has 0 saturated heterocycles. The number of ketones is 1. The summed E-state index contributed by atoms with van der Waals surface area (Å²) in [6.45, 7) is 5.90. The van der Waals surface area contributed by atoms with Crippen molar-refractivity contribution in [3.63, 3.8) is 0 Å². The van der Waals surface area contributed by atoms with Crippen LogP contribution in [0.2, 0.25) is 0 Å². The topological polar surface area (TPSA) is 68.5 Å². The fourth-order valence-corrected chi connectivity index (χ4v) is 2.46. The van der Waals surface area contributed by atoms with Crippen LogP contribution in [0.1, 0.15) is 29.9 Å². The van der Waals surface area contributed by atoms with Crippen LogP contribution in [-0.4, -0.2) is 28.0 Å². The third-order valence-electron chi connectivity index (χ3n) is 3.31. The summed E-state index contributed by atoms with van der Waals surface area (Å²) in [5.41, 5.74) is 1.53. The van der Waals surface area contributed by atoms with Crippen LogP contribution in [0.25, 0.3) is 10.9 Å². The lowest BCUT2D eigenvalue weighted by atomic mass is 10.1. The zero-order valence-corrected chi connectivity index (χ0v) is 11.8. The van der Waals surface area contributed by atoms with Crippen molar-refractivity contribution in [1.82, 2.24) is 4.57 Å². The summed E-state index contributed by atoms with van der Waals surface area (Å²) in [7, 11) is 0. The SMILES string of the molecule is CCOC(=O)C(=O)c1c(C)c2cccc(O)c2n1CC. The van der Waals surface area contributed by atoms with Crippen molar-refractivity contribution in [2.75, 3.05) is 6.61 Å². The predicted molar refractivity (Wildman–Crippen MR) is 75.0 cm³/mol. The van der Waals surface area contributed by atoms with Gasteiger partial charge in [-0.05, 0) is 32.4 Å². The number of aryl methyl sites for hydroxylation is 2. The third-order valence-corrected chi connectivity index (χ3v) is 3.31. The lowest BCUT2D eigenvalue weighted by molar-refractivity contribution is -0.137. The number of carbonyl (C=O) groups is 2. The molecule has 0 atom stereocenters. The van der Waals surface area contributed by atoms with E-state index in [1.807, 2.05) is 13.0 Å². The standard InChI is InChI=1S/C15H17NO4/c1-4-16-12(14(18)15(19)20-5-2)9(3)10-7-6-8-11(17)13(10)16/h6-8,17H,4-5H2,1-3H3. The van der Waals surface area contributed by atoms with Crippen LogP contribution in [0.4, 0.5) is 0 Å². The van der Waals surface area contributed by atoms with E-state index < -0.39 is 11.8 Å². The molecule has 106 valence electrons. The van der Waals surface area contributed by atoms with Gasteiger partial charge in [0.15, 0.2) is 0 Å². The second-order valence-corrected chi connectivity index (χ2v) is 4.44. The quantitative estimate of drug-likeness (QED) is 0.528. The number of esters is 1. The lowest BCUT2D eigenvalue weighted by Gasteiger charge is -2.08. The van der Waals surface area contributed by atoms with Gasteiger partial charge in [0.2, 0.25) is 0 Å². The number of nitrogens with zero attached hydrogens (tertiary/aromatic N) is 1. The maximum Gasteiger partial charge on any atom is 0.381 e. The van der Waals surface area contributed by atoms with Crippen molar-refractivity contribution in [3.8, 4) is 5.75 Å². The maximum atomic E-state index is 12.2. The Balaban J connectivity index is 2.70. The van der Waals surface area contributed by atoms with E-state index in [-0.39, 0.29) is 18.1 Å². The molecule has 1 N–H and O–H groups in total. The molecular weight excluding hydrogens is 258 g/mol. The predicted octanol–water partition coefficient (Wildman–Crippen LogP) is 2.42. The van der Waals surface area contributed by atoms with Crippen LogP contribution < -0.4 is 0 Å². The van der Waals surface area contributed by atoms with E-state index in [2.05, 4.69) is 0 Å². The molecule has 5 heteroatoms. The van der Waals surface area contributed by atoms with Crippen LogP contribution >= 0.6 is 0 Å². The summed E-state index contributed by atoms with van der Waals surface area (Å²) in [5.74, 6) is -1.45. The number of aromatic nitrogens is 1. The molecule has 0 bridgehead atoms. The van der Waals surface area contributed by atoms with Crippen molar-refractivity contribution in [3.05, 3.63) is 29.5 Å². The van der Waals surface area contributed by atoms with E-state index in [4.69, 9.17) is 4.74 Å². The molecule has 0 aliphatic rings. The van der Waals surface area contributed by atoms with E-state index in [0.29, 0.717) is 17.6 Å². The number of benzene rings is 1. The Bertz CT molecular complexity index is 685. The average molecular weight is 275 g/mol. The first-order chi connectivity index (χ1) is 9.52. The fraction of sp³-hybridized carbons (Fsp3) is 0.333. The van der Waals surface area contributed by atoms with Gasteiger partial charge < -0.3 is 14.4 Å². The summed E-state index contributed by atoms with van der Waals surface area (Å²) in [6.07, 6.45) is 0. The highest BCUT2D eigenvalue weighted by atomic mass is 16.5. The monoisotopic (exact) mass is 275 g/mol. The average Bonchev–Trinajstić information content (AvgIpc) is 2.72. The number of hydrogen-bond donors (Lipinski definition) is 1. The number of carbonyl (C=O) groups excluding carboxylic acids is 2. The number of aromatic hydroxyl groups is 1. The van der Waals surface area contributed by atoms with Crippen LogP contribution in [0.5, 0.6) is 5.75 Å². The fourth-order valence-electron chi connectivity index (χ4n) is 2.46. The number of rotatable bonds is 4. The smallest absolute Gasteiger partial charge is 0.381 e. The Morgan fingerprint density at radius 1 is 1.30 bits per heavy atom. The van der Waals surface area contributed by atoms with Crippen LogP contribution in [0.15, 0.2) is 18.2 Å². The van der Waals surface area contributed by atoms with Crippen LogP contribution in [0, 0.1) is 6.92 Å². The van der Waals surface area contributed by atoms with E-state index in [1.165, 1.54) is 0 Å². The van der Waals surface area contributed by atoms with Crippen molar-refractivity contribution in [1.29, 1.82) is 0 Å². The first-order valence-electron chi connectivity index (χ1n) is 6.55. The van der Waals surface area contributed by atoms with E-state index in [9.17, 15) is 14.7 Å². The third kappa shape index (κ3) is 2.05. The minimum Gasteiger partial charge on any atom is -0.506 e. The molecule has 0 spiro atoms. The van der Waals surface area contributed by atoms with E-state index in [1.54, 1.807) is 30.5 Å². The normalized spacial score (nSPS) is 10.8. The van der Waals surface area contributed by atoms with Gasteiger partial charge in [0, 0.05) is 11.9 Å². The Morgan fingerprint density at radius 2 is 2.00 bits per heavy atom. The molecule has 0 aliphatic carbocycles. The molecule has 0 amide bonds. The Morgan fingerprint density at radius 3 is 2.60 bits per heavy atom. The molecule has 0 fully saturated rings. The summed E-state index contributed by atoms with van der Waals surface area (Å²) in [5, 5.41) is 10.8. The van der Waals surface area contributed by atoms with Gasteiger partial charge >= 0.3 is 5.97 Å². The summed E-state index contributed by atoms with van der Waals surface area (Å²) in [6, 6.07) is 5.09. The molecule has 1 aromatic carbocycles. The number of hydrogen-bond acceptors (Lipinski definition) is 4. The van der Waals surface area contributed by atoms with Gasteiger partial charge in [-0.15, -0.1) is 0 Å². The highest BCUT2D eigenvalue weighted by molar-refractivity contribution is 6.41. The Labute approximate surface area is 116 Å². The zero-order chi connectivity index (χ0) is 14.9. The lowest BCUT2D eigenvalue weighted by Crippen LogP contribution is -2.21. The second kappa shape index (κ2) is 5.36. The van der Waals surface area contributed by atoms with Crippen molar-refractivity contribution < 1.29 is 19.4 Å². The van der Waals surface area contributed by atoms with Crippen LogP contribution in [0.3, 0.4) is 0 Å².